The van der Waals surface area contributed by atoms with Crippen molar-refractivity contribution in [2.24, 2.45) is 0 Å². The Labute approximate surface area is 102 Å². The Balaban J connectivity index is 2.10. The molecular formula is C16H17N. The van der Waals surface area contributed by atoms with Crippen molar-refractivity contribution >= 4 is 0 Å². The minimum Gasteiger partial charge on any atom is -0.361 e. The van der Waals surface area contributed by atoms with Crippen molar-refractivity contribution in [3.63, 3.8) is 0 Å². The van der Waals surface area contributed by atoms with E-state index in [1.165, 1.54) is 22.4 Å². The minimum atomic E-state index is 0.100. The molecule has 3 rings (SSSR count). The first-order chi connectivity index (χ1) is 8.19. The van der Waals surface area contributed by atoms with Crippen LogP contribution in [0.1, 0.15) is 25.8 Å². The van der Waals surface area contributed by atoms with E-state index < -0.39 is 0 Å². The molecule has 3 aliphatic rings. The lowest BCUT2D eigenvalue weighted by atomic mass is 9.77. The van der Waals surface area contributed by atoms with Crippen LogP contribution in [0.4, 0.5) is 0 Å². The molecule has 0 fully saturated rings. The largest absolute Gasteiger partial charge is 0.361 e. The van der Waals surface area contributed by atoms with Crippen molar-refractivity contribution in [3.05, 3.63) is 59.8 Å². The summed E-state index contributed by atoms with van der Waals surface area (Å²) in [4.78, 5) is 3.38. The summed E-state index contributed by atoms with van der Waals surface area (Å²) in [6, 6.07) is 8.66. The summed E-state index contributed by atoms with van der Waals surface area (Å²) in [5.41, 5.74) is 5.54. The number of fused-ring (bicyclic) bond motifs is 1. The summed E-state index contributed by atoms with van der Waals surface area (Å²) in [5, 5.41) is 0. The monoisotopic (exact) mass is 223 g/mol. The molecular weight excluding hydrogens is 206 g/mol. The zero-order valence-electron chi connectivity index (χ0n) is 10.3. The summed E-state index contributed by atoms with van der Waals surface area (Å²) in [6.07, 6.45) is 9.72. The van der Waals surface area contributed by atoms with Gasteiger partial charge in [-0.25, -0.2) is 0 Å². The van der Waals surface area contributed by atoms with Crippen LogP contribution in [0.15, 0.2) is 54.3 Å². The van der Waals surface area contributed by atoms with Crippen molar-refractivity contribution in [1.29, 1.82) is 0 Å². The van der Waals surface area contributed by atoms with E-state index in [0.717, 1.165) is 6.42 Å². The molecule has 1 heterocycles. The van der Waals surface area contributed by atoms with Crippen LogP contribution in [0.3, 0.4) is 0 Å². The fraction of sp³-hybridized carbons (Fsp3) is 0.250. The number of allylic oxidation sites excluding steroid dienone is 4. The van der Waals surface area contributed by atoms with Crippen molar-refractivity contribution < 1.29 is 0 Å². The van der Waals surface area contributed by atoms with Gasteiger partial charge in [-0.3, -0.25) is 0 Å². The van der Waals surface area contributed by atoms with Crippen molar-refractivity contribution in [1.82, 2.24) is 4.98 Å². The number of hydrogen-bond donors (Lipinski definition) is 1. The lowest BCUT2D eigenvalue weighted by molar-refractivity contribution is 0.615. The summed E-state index contributed by atoms with van der Waals surface area (Å²) in [7, 11) is 0. The molecule has 1 N–H and O–H groups in total. The number of nitrogens with one attached hydrogen (secondary N) is 1. The number of pyridine rings is 1. The number of aromatic nitrogens is 1. The molecule has 0 amide bonds. The van der Waals surface area contributed by atoms with E-state index in [4.69, 9.17) is 0 Å². The maximum Gasteiger partial charge on any atom is 0.0494 e. The molecule has 1 aliphatic heterocycles. The Morgan fingerprint density at radius 2 is 2.06 bits per heavy atom. The van der Waals surface area contributed by atoms with Gasteiger partial charge in [0.05, 0.1) is 0 Å². The van der Waals surface area contributed by atoms with Crippen LogP contribution >= 0.6 is 0 Å². The zero-order chi connectivity index (χ0) is 11.9. The maximum atomic E-state index is 3.38. The average molecular weight is 223 g/mol. The molecule has 0 spiro atoms. The van der Waals surface area contributed by atoms with Gasteiger partial charge in [0.1, 0.15) is 0 Å². The second-order valence-corrected chi connectivity index (χ2v) is 5.20. The second kappa shape index (κ2) is 3.63. The second-order valence-electron chi connectivity index (χ2n) is 5.20. The summed E-state index contributed by atoms with van der Waals surface area (Å²) in [5.74, 6) is 0. The van der Waals surface area contributed by atoms with Crippen LogP contribution in [0.25, 0.3) is 11.3 Å². The molecule has 0 bridgehead atoms. The highest BCUT2D eigenvalue weighted by Gasteiger charge is 2.29. The first-order valence-corrected chi connectivity index (χ1v) is 6.12. The molecule has 1 nitrogen and oxygen atoms in total. The Bertz CT molecular complexity index is 569. The molecule has 17 heavy (non-hydrogen) atoms. The Kier molecular flexibility index (Phi) is 2.22. The van der Waals surface area contributed by atoms with Crippen LogP contribution in [0.2, 0.25) is 0 Å². The maximum absolute atomic E-state index is 3.38. The van der Waals surface area contributed by atoms with Crippen molar-refractivity contribution in [2.45, 2.75) is 25.7 Å². The number of hydrogen-bond acceptors (Lipinski definition) is 0. The van der Waals surface area contributed by atoms with E-state index in [1.807, 2.05) is 6.20 Å². The van der Waals surface area contributed by atoms with Gasteiger partial charge >= 0.3 is 0 Å². The molecule has 0 atom stereocenters. The van der Waals surface area contributed by atoms with Gasteiger partial charge in [-0.2, -0.15) is 0 Å². The molecule has 2 aliphatic carbocycles. The van der Waals surface area contributed by atoms with Gasteiger partial charge in [0.2, 0.25) is 0 Å². The fourth-order valence-corrected chi connectivity index (χ4v) is 2.68. The molecule has 0 aromatic rings. The summed E-state index contributed by atoms with van der Waals surface area (Å²) >= 11 is 0. The first kappa shape index (κ1) is 10.4. The lowest BCUT2D eigenvalue weighted by Crippen LogP contribution is -2.19. The fourth-order valence-electron chi connectivity index (χ4n) is 2.68. The topological polar surface area (TPSA) is 15.8 Å². The van der Waals surface area contributed by atoms with Crippen LogP contribution < -0.4 is 0 Å². The predicted octanol–water partition coefficient (Wildman–Crippen LogP) is 4.28. The van der Waals surface area contributed by atoms with E-state index in [0.29, 0.717) is 0 Å². The van der Waals surface area contributed by atoms with Crippen molar-refractivity contribution in [3.8, 4) is 11.3 Å². The van der Waals surface area contributed by atoms with Crippen LogP contribution in [0, 0.1) is 0 Å². The van der Waals surface area contributed by atoms with Gasteiger partial charge in [-0.1, -0.05) is 55.8 Å². The van der Waals surface area contributed by atoms with Crippen LogP contribution in [-0.4, -0.2) is 4.98 Å². The van der Waals surface area contributed by atoms with E-state index >= 15 is 0 Å². The van der Waals surface area contributed by atoms with E-state index in [9.17, 15) is 0 Å². The molecule has 0 radical (unpaired) electrons. The minimum absolute atomic E-state index is 0.100. The lowest BCUT2D eigenvalue weighted by Gasteiger charge is -2.27. The van der Waals surface area contributed by atoms with E-state index in [1.54, 1.807) is 0 Å². The highest BCUT2D eigenvalue weighted by atomic mass is 14.7. The van der Waals surface area contributed by atoms with Gasteiger partial charge in [-0.05, 0) is 23.6 Å². The summed E-state index contributed by atoms with van der Waals surface area (Å²) < 4.78 is 0. The molecule has 0 unspecified atom stereocenters. The van der Waals surface area contributed by atoms with E-state index in [-0.39, 0.29) is 5.41 Å². The highest BCUT2D eigenvalue weighted by Crippen LogP contribution is 2.41. The molecule has 86 valence electrons. The van der Waals surface area contributed by atoms with Crippen LogP contribution in [0.5, 0.6) is 0 Å². The van der Waals surface area contributed by atoms with Crippen LogP contribution in [-0.2, 0) is 5.41 Å². The predicted molar refractivity (Wildman–Crippen MR) is 72.3 cm³/mol. The van der Waals surface area contributed by atoms with Crippen molar-refractivity contribution in [2.75, 3.05) is 0 Å². The third-order valence-electron chi connectivity index (χ3n) is 3.83. The van der Waals surface area contributed by atoms with Gasteiger partial charge in [0.15, 0.2) is 0 Å². The third-order valence-corrected chi connectivity index (χ3v) is 3.83. The van der Waals surface area contributed by atoms with Gasteiger partial charge in [0.25, 0.3) is 0 Å². The SMILES string of the molecule is CC(C)(C1=CC=CC1)c1ccc2ccc[nH]c1-2. The molecule has 0 saturated carbocycles. The van der Waals surface area contributed by atoms with Gasteiger partial charge in [-0.15, -0.1) is 0 Å². The smallest absolute Gasteiger partial charge is 0.0494 e. The van der Waals surface area contributed by atoms with Gasteiger partial charge in [0, 0.05) is 17.3 Å². The third kappa shape index (κ3) is 1.54. The molecule has 0 aromatic carbocycles. The van der Waals surface area contributed by atoms with E-state index in [2.05, 4.69) is 61.3 Å². The molecule has 0 aromatic heterocycles. The standard InChI is InChI=1S/C16H17N/c1-16(2,13-7-3-4-8-13)14-10-9-12-6-5-11-17-15(12)14/h3-7,9-11,17H,8H2,1-2H3. The normalized spacial score (nSPS) is 15.5. The number of rotatable bonds is 2. The van der Waals surface area contributed by atoms with Gasteiger partial charge < -0.3 is 4.98 Å². The number of aromatic amines is 1. The molecule has 1 heteroatoms. The Morgan fingerprint density at radius 1 is 1.18 bits per heavy atom. The average Bonchev–Trinajstić information content (AvgIpc) is 2.99. The first-order valence-electron chi connectivity index (χ1n) is 6.12. The quantitative estimate of drug-likeness (QED) is 0.782. The zero-order valence-corrected chi connectivity index (χ0v) is 10.3. The Morgan fingerprint density at radius 3 is 2.82 bits per heavy atom. The summed E-state index contributed by atoms with van der Waals surface area (Å²) in [6.45, 7) is 4.61. The Hall–Kier alpha value is -1.76. The molecule has 0 saturated heterocycles. The number of H-pyrrole nitrogens is 1. The highest BCUT2D eigenvalue weighted by molar-refractivity contribution is 5.69.